The van der Waals surface area contributed by atoms with E-state index in [4.69, 9.17) is 23.4 Å². The van der Waals surface area contributed by atoms with Gasteiger partial charge in [0.15, 0.2) is 0 Å². The maximum Gasteiger partial charge on any atom is 0.219 e. The number of rotatable bonds is 4. The second-order valence-electron chi connectivity index (χ2n) is 10.0. The Kier molecular flexibility index (Phi) is 8.22. The molecule has 0 bridgehead atoms. The van der Waals surface area contributed by atoms with Crippen LogP contribution < -0.4 is 27.9 Å². The van der Waals surface area contributed by atoms with Gasteiger partial charge in [0.2, 0.25) is 26.9 Å². The zero-order valence-corrected chi connectivity index (χ0v) is 25.0. The Hall–Kier alpha value is -4.87. The van der Waals surface area contributed by atoms with E-state index in [-0.39, 0.29) is 9.79 Å². The molecule has 0 fully saturated rings. The molecule has 1 aromatic heterocycles. The minimum absolute atomic E-state index is 0.154. The highest BCUT2D eigenvalue weighted by atomic mass is 35.7. The lowest BCUT2D eigenvalue weighted by Crippen LogP contribution is -2.68. The topological polar surface area (TPSA) is 139 Å². The average Bonchev–Trinajstić information content (AvgIpc) is 3.05. The van der Waals surface area contributed by atoms with Crippen molar-refractivity contribution in [3.8, 4) is 50.8 Å². The Balaban J connectivity index is 0.000000664. The summed E-state index contributed by atoms with van der Waals surface area (Å²) < 4.78 is 69.6. The van der Waals surface area contributed by atoms with Gasteiger partial charge < -0.3 is 4.74 Å². The highest BCUT2D eigenvalue weighted by Gasteiger charge is 2.34. The number of nitrogens with zero attached hydrogens (tertiary/aromatic N) is 1. The van der Waals surface area contributed by atoms with Crippen molar-refractivity contribution in [1.82, 2.24) is 0 Å². The largest absolute Gasteiger partial charge is 0.455 e. The first-order valence-corrected chi connectivity index (χ1v) is 16.4. The van der Waals surface area contributed by atoms with Crippen molar-refractivity contribution in [2.45, 2.75) is 9.79 Å². The summed E-state index contributed by atoms with van der Waals surface area (Å²) in [4.78, 5) is 0.331. The first-order valence-electron chi connectivity index (χ1n) is 13.6. The molecule has 0 saturated carbocycles. The van der Waals surface area contributed by atoms with E-state index in [9.17, 15) is 8.42 Å². The number of benzene rings is 5. The van der Waals surface area contributed by atoms with Crippen LogP contribution in [0.15, 0.2) is 155 Å². The first-order chi connectivity index (χ1) is 21.6. The molecule has 0 saturated heterocycles. The number of pyridine rings is 1. The molecule has 1 aliphatic rings. The molecular formula is C35H24ClNO7S. The fourth-order valence-electron chi connectivity index (χ4n) is 5.24. The van der Waals surface area contributed by atoms with E-state index in [1.807, 2.05) is 60.7 Å². The summed E-state index contributed by atoms with van der Waals surface area (Å²) in [5.74, 6) is 0.670. The Bertz CT molecular complexity index is 2020. The molecule has 7 rings (SSSR count). The Labute approximate surface area is 262 Å². The van der Waals surface area contributed by atoms with E-state index in [0.717, 1.165) is 39.3 Å². The van der Waals surface area contributed by atoms with Crippen molar-refractivity contribution in [3.05, 3.63) is 146 Å². The van der Waals surface area contributed by atoms with Crippen LogP contribution in [0, 0.1) is 10.2 Å². The van der Waals surface area contributed by atoms with Crippen molar-refractivity contribution < 1.29 is 46.6 Å². The van der Waals surface area contributed by atoms with E-state index in [2.05, 4.69) is 53.1 Å². The number of ether oxygens (including phenoxy) is 1. The summed E-state index contributed by atoms with van der Waals surface area (Å²) in [7, 11) is -8.72. The molecule has 0 unspecified atom stereocenters. The molecule has 0 aliphatic carbocycles. The molecule has 1 aliphatic heterocycles. The van der Waals surface area contributed by atoms with E-state index in [1.165, 1.54) is 0 Å². The van der Waals surface area contributed by atoms with Crippen LogP contribution in [0.4, 0.5) is 0 Å². The summed E-state index contributed by atoms with van der Waals surface area (Å²) in [6.45, 7) is 0. The van der Waals surface area contributed by atoms with Gasteiger partial charge in [-0.3, -0.25) is 0 Å². The Morgan fingerprint density at radius 2 is 0.933 bits per heavy atom. The number of halogens is 1. The van der Waals surface area contributed by atoms with Gasteiger partial charge in [0.25, 0.3) is 0 Å². The lowest BCUT2D eigenvalue weighted by Gasteiger charge is -2.20. The SMILES string of the molecule is O=S1(=O)c2ccccc2Oc2ccc(-[n+]3c(-c4ccccc4)cc(-c4ccccc4)cc3-c3ccccc3)cc21.[O-][Cl+3]([O-])([O-])[O-]. The molecular weight excluding hydrogens is 614 g/mol. The normalized spacial score (nSPS) is 13.0. The molecule has 8 nitrogen and oxygen atoms in total. The average molecular weight is 638 g/mol. The number of fused-ring (bicyclic) bond motifs is 2. The van der Waals surface area contributed by atoms with Crippen LogP contribution in [0.1, 0.15) is 0 Å². The highest BCUT2D eigenvalue weighted by molar-refractivity contribution is 7.91. The zero-order valence-electron chi connectivity index (χ0n) is 23.4. The monoisotopic (exact) mass is 637 g/mol. The van der Waals surface area contributed by atoms with E-state index < -0.39 is 20.1 Å². The molecule has 6 aromatic rings. The standard InChI is InChI=1S/C35H24NO3S.ClHO4/c37-40(38)34-19-11-10-18-32(34)39-33-21-20-29(24-35(33)40)36-30(26-14-6-2-7-15-26)22-28(25-12-4-1-5-13-25)23-31(36)27-16-8-3-9-17-27;2-1(3,4)5/h1-24H;(H,2,3,4,5)/q+1;/p-1. The third kappa shape index (κ3) is 6.50. The molecule has 0 amide bonds. The van der Waals surface area contributed by atoms with Crippen LogP contribution in [-0.4, -0.2) is 8.42 Å². The number of para-hydroxylation sites is 1. The van der Waals surface area contributed by atoms with Gasteiger partial charge in [0, 0.05) is 35.4 Å². The van der Waals surface area contributed by atoms with Crippen LogP contribution >= 0.6 is 0 Å². The zero-order chi connectivity index (χ0) is 31.6. The third-order valence-electron chi connectivity index (χ3n) is 7.15. The smallest absolute Gasteiger partial charge is 0.219 e. The van der Waals surface area contributed by atoms with Crippen molar-refractivity contribution in [2.24, 2.45) is 0 Å². The van der Waals surface area contributed by atoms with Gasteiger partial charge in [-0.25, -0.2) is 27.1 Å². The number of hydrogen-bond acceptors (Lipinski definition) is 7. The fraction of sp³-hybridized carbons (Fsp3) is 0. The molecule has 5 aromatic carbocycles. The van der Waals surface area contributed by atoms with Crippen LogP contribution in [0.2, 0.25) is 0 Å². The second kappa shape index (κ2) is 12.3. The fourth-order valence-corrected chi connectivity index (χ4v) is 6.76. The number of sulfone groups is 1. The minimum Gasteiger partial charge on any atom is -0.455 e. The van der Waals surface area contributed by atoms with Gasteiger partial charge in [-0.05, 0) is 53.6 Å². The summed E-state index contributed by atoms with van der Waals surface area (Å²) in [6, 6.07) is 47.1. The van der Waals surface area contributed by atoms with Crippen molar-refractivity contribution in [3.63, 3.8) is 0 Å². The predicted octanol–water partition coefficient (Wildman–Crippen LogP) is 3.15. The number of aromatic nitrogens is 1. The van der Waals surface area contributed by atoms with Crippen LogP contribution in [-0.2, 0) is 9.84 Å². The third-order valence-corrected chi connectivity index (χ3v) is 8.96. The molecule has 0 spiro atoms. The summed E-state index contributed by atoms with van der Waals surface area (Å²) >= 11 is 0. The summed E-state index contributed by atoms with van der Waals surface area (Å²) in [5, 5.41) is 0. The molecule has 10 heteroatoms. The van der Waals surface area contributed by atoms with Gasteiger partial charge in [-0.2, -0.15) is 4.57 Å². The van der Waals surface area contributed by atoms with Gasteiger partial charge in [-0.1, -0.05) is 78.9 Å². The molecule has 224 valence electrons. The minimum atomic E-state index is -4.94. The highest BCUT2D eigenvalue weighted by Crippen LogP contribution is 2.43. The molecule has 0 N–H and O–H groups in total. The molecule has 2 heterocycles. The lowest BCUT2D eigenvalue weighted by molar-refractivity contribution is -2.00. The van der Waals surface area contributed by atoms with Crippen LogP contribution in [0.25, 0.3) is 39.3 Å². The molecule has 0 radical (unpaired) electrons. The number of hydrogen-bond donors (Lipinski definition) is 0. The first kappa shape index (κ1) is 30.2. The second-order valence-corrected chi connectivity index (χ2v) is 12.7. The maximum absolute atomic E-state index is 13.7. The van der Waals surface area contributed by atoms with E-state index in [0.29, 0.717) is 11.5 Å². The Morgan fingerprint density at radius 3 is 1.47 bits per heavy atom. The molecule has 0 atom stereocenters. The quantitative estimate of drug-likeness (QED) is 0.270. The maximum atomic E-state index is 13.7. The Morgan fingerprint density at radius 1 is 0.489 bits per heavy atom. The van der Waals surface area contributed by atoms with Crippen molar-refractivity contribution in [2.75, 3.05) is 0 Å². The van der Waals surface area contributed by atoms with Gasteiger partial charge in [0.05, 0.1) is 0 Å². The van der Waals surface area contributed by atoms with E-state index in [1.54, 1.807) is 36.4 Å². The van der Waals surface area contributed by atoms with Gasteiger partial charge in [-0.15, -0.1) is 10.2 Å². The van der Waals surface area contributed by atoms with Gasteiger partial charge >= 0.3 is 0 Å². The predicted molar refractivity (Wildman–Crippen MR) is 156 cm³/mol. The van der Waals surface area contributed by atoms with Crippen LogP contribution in [0.5, 0.6) is 11.5 Å². The summed E-state index contributed by atoms with van der Waals surface area (Å²) in [6.07, 6.45) is 0. The van der Waals surface area contributed by atoms with Gasteiger partial charge in [0.1, 0.15) is 21.3 Å². The summed E-state index contributed by atoms with van der Waals surface area (Å²) in [5.41, 5.74) is 6.80. The van der Waals surface area contributed by atoms with E-state index >= 15 is 0 Å². The van der Waals surface area contributed by atoms with Crippen LogP contribution in [0.3, 0.4) is 0 Å². The van der Waals surface area contributed by atoms with Crippen molar-refractivity contribution in [1.29, 1.82) is 0 Å². The molecule has 45 heavy (non-hydrogen) atoms. The van der Waals surface area contributed by atoms with Crippen molar-refractivity contribution >= 4 is 9.84 Å². The lowest BCUT2D eigenvalue weighted by atomic mass is 9.98.